The second-order valence-electron chi connectivity index (χ2n) is 3.47. The van der Waals surface area contributed by atoms with E-state index in [9.17, 15) is 9.59 Å². The third-order valence-electron chi connectivity index (χ3n) is 2.36. The molecule has 1 aromatic rings. The molecule has 0 radical (unpaired) electrons. The third-order valence-corrected chi connectivity index (χ3v) is 2.36. The summed E-state index contributed by atoms with van der Waals surface area (Å²) in [4.78, 5) is 24.0. The molecule has 0 fully saturated rings. The Kier molecular flexibility index (Phi) is 4.05. The Labute approximate surface area is 94.5 Å². The molecule has 4 heteroatoms. The molecule has 0 heterocycles. The topological polar surface area (TPSA) is 57.6 Å². The predicted octanol–water partition coefficient (Wildman–Crippen LogP) is 1.56. The molecule has 0 aliphatic rings. The zero-order valence-corrected chi connectivity index (χ0v) is 9.38. The maximum Gasteiger partial charge on any atom is 0.334 e. The number of para-hydroxylation sites is 1. The molecule has 0 aromatic heterocycles. The lowest BCUT2D eigenvalue weighted by Crippen LogP contribution is -2.46. The van der Waals surface area contributed by atoms with Crippen molar-refractivity contribution in [3.63, 3.8) is 0 Å². The molecular weight excluding hydrogens is 206 g/mol. The molecule has 0 saturated carbocycles. The van der Waals surface area contributed by atoms with E-state index in [0.29, 0.717) is 6.54 Å². The number of Topliss-reactive ketones (excluding diaryl/α,β-unsaturated/α-hetero) is 1. The Bertz CT molecular complexity index is 361. The van der Waals surface area contributed by atoms with Crippen LogP contribution in [0.1, 0.15) is 13.8 Å². The highest BCUT2D eigenvalue weighted by atomic mass is 16.4. The van der Waals surface area contributed by atoms with Crippen LogP contribution in [0.25, 0.3) is 0 Å². The van der Waals surface area contributed by atoms with Gasteiger partial charge in [0.2, 0.25) is 0 Å². The van der Waals surface area contributed by atoms with Crippen molar-refractivity contribution in [3.05, 3.63) is 30.3 Å². The van der Waals surface area contributed by atoms with Gasteiger partial charge < -0.3 is 10.0 Å². The Hall–Kier alpha value is -1.84. The van der Waals surface area contributed by atoms with E-state index < -0.39 is 12.0 Å². The van der Waals surface area contributed by atoms with Gasteiger partial charge in [0.15, 0.2) is 11.8 Å². The average Bonchev–Trinajstić information content (AvgIpc) is 2.25. The van der Waals surface area contributed by atoms with Gasteiger partial charge in [0, 0.05) is 12.2 Å². The second-order valence-corrected chi connectivity index (χ2v) is 3.47. The fourth-order valence-corrected chi connectivity index (χ4v) is 1.66. The minimum Gasteiger partial charge on any atom is -0.479 e. The molecule has 1 N–H and O–H groups in total. The Balaban J connectivity index is 3.05. The smallest absolute Gasteiger partial charge is 0.334 e. The van der Waals surface area contributed by atoms with Gasteiger partial charge in [-0.2, -0.15) is 0 Å². The first-order valence-electron chi connectivity index (χ1n) is 5.13. The summed E-state index contributed by atoms with van der Waals surface area (Å²) in [6.45, 7) is 3.59. The van der Waals surface area contributed by atoms with E-state index in [-0.39, 0.29) is 5.78 Å². The van der Waals surface area contributed by atoms with Gasteiger partial charge in [-0.25, -0.2) is 4.79 Å². The molecule has 1 unspecified atom stereocenters. The summed E-state index contributed by atoms with van der Waals surface area (Å²) >= 11 is 0. The van der Waals surface area contributed by atoms with E-state index in [1.807, 2.05) is 25.1 Å². The standard InChI is InChI=1S/C12H15NO3/c1-3-13(10-7-5-4-6-8-10)11(9(2)14)12(15)16/h4-8,11H,3H2,1-2H3,(H,15,16). The number of anilines is 1. The number of hydrogen-bond acceptors (Lipinski definition) is 3. The molecule has 0 spiro atoms. The molecule has 0 aliphatic heterocycles. The second kappa shape index (κ2) is 5.30. The fraction of sp³-hybridized carbons (Fsp3) is 0.333. The van der Waals surface area contributed by atoms with Gasteiger partial charge in [-0.05, 0) is 26.0 Å². The van der Waals surface area contributed by atoms with Gasteiger partial charge in [-0.15, -0.1) is 0 Å². The number of ketones is 1. The van der Waals surface area contributed by atoms with Crippen LogP contribution >= 0.6 is 0 Å². The zero-order chi connectivity index (χ0) is 12.1. The van der Waals surface area contributed by atoms with Crippen molar-refractivity contribution in [1.82, 2.24) is 0 Å². The zero-order valence-electron chi connectivity index (χ0n) is 9.38. The number of aliphatic carboxylic acids is 1. The monoisotopic (exact) mass is 221 g/mol. The van der Waals surface area contributed by atoms with E-state index >= 15 is 0 Å². The van der Waals surface area contributed by atoms with Crippen molar-refractivity contribution in [1.29, 1.82) is 0 Å². The molecule has 0 bridgehead atoms. The highest BCUT2D eigenvalue weighted by Crippen LogP contribution is 2.16. The summed E-state index contributed by atoms with van der Waals surface area (Å²) in [6.07, 6.45) is 0. The summed E-state index contributed by atoms with van der Waals surface area (Å²) in [7, 11) is 0. The van der Waals surface area contributed by atoms with Gasteiger partial charge in [0.1, 0.15) is 0 Å². The van der Waals surface area contributed by atoms with Crippen molar-refractivity contribution in [2.24, 2.45) is 0 Å². The number of carbonyl (C=O) groups is 2. The Morgan fingerprint density at radius 3 is 2.25 bits per heavy atom. The Morgan fingerprint density at radius 1 is 1.31 bits per heavy atom. The number of carboxylic acid groups (broad SMARTS) is 1. The van der Waals surface area contributed by atoms with Gasteiger partial charge in [-0.3, -0.25) is 4.79 Å². The predicted molar refractivity (Wildman–Crippen MR) is 61.6 cm³/mol. The molecule has 16 heavy (non-hydrogen) atoms. The normalized spacial score (nSPS) is 11.9. The first kappa shape index (κ1) is 12.2. The molecule has 1 atom stereocenters. The molecule has 1 aromatic carbocycles. The minimum absolute atomic E-state index is 0.363. The van der Waals surface area contributed by atoms with Crippen LogP contribution in [0.5, 0.6) is 0 Å². The van der Waals surface area contributed by atoms with Crippen molar-refractivity contribution in [2.45, 2.75) is 19.9 Å². The third kappa shape index (κ3) is 2.59. The van der Waals surface area contributed by atoms with Gasteiger partial charge in [-0.1, -0.05) is 18.2 Å². The maximum absolute atomic E-state index is 11.3. The molecular formula is C12H15NO3. The SMILES string of the molecule is CCN(c1ccccc1)C(C(C)=O)C(=O)O. The number of carboxylic acids is 1. The van der Waals surface area contributed by atoms with Crippen LogP contribution < -0.4 is 4.90 Å². The van der Waals surface area contributed by atoms with Crippen LogP contribution in [0.15, 0.2) is 30.3 Å². The lowest BCUT2D eigenvalue weighted by atomic mass is 10.1. The minimum atomic E-state index is -1.11. The van der Waals surface area contributed by atoms with E-state index in [1.54, 1.807) is 17.0 Å². The highest BCUT2D eigenvalue weighted by molar-refractivity contribution is 6.04. The van der Waals surface area contributed by atoms with E-state index in [1.165, 1.54) is 6.92 Å². The number of benzene rings is 1. The lowest BCUT2D eigenvalue weighted by Gasteiger charge is -2.27. The molecule has 4 nitrogen and oxygen atoms in total. The summed E-state index contributed by atoms with van der Waals surface area (Å²) in [6, 6.07) is 7.96. The van der Waals surface area contributed by atoms with Gasteiger partial charge >= 0.3 is 5.97 Å². The number of carbonyl (C=O) groups excluding carboxylic acids is 1. The largest absolute Gasteiger partial charge is 0.479 e. The van der Waals surface area contributed by atoms with Crippen LogP contribution in [0.2, 0.25) is 0 Å². The highest BCUT2D eigenvalue weighted by Gasteiger charge is 2.28. The average molecular weight is 221 g/mol. The van der Waals surface area contributed by atoms with E-state index in [2.05, 4.69) is 0 Å². The number of likely N-dealkylation sites (N-methyl/N-ethyl adjacent to an activating group) is 1. The van der Waals surface area contributed by atoms with Gasteiger partial charge in [0.05, 0.1) is 0 Å². The summed E-state index contributed by atoms with van der Waals surface area (Å²) in [5, 5.41) is 9.04. The van der Waals surface area contributed by atoms with E-state index in [4.69, 9.17) is 5.11 Å². The van der Waals surface area contributed by atoms with E-state index in [0.717, 1.165) is 5.69 Å². The Morgan fingerprint density at radius 2 is 1.88 bits per heavy atom. The first-order chi connectivity index (χ1) is 7.57. The molecule has 0 aliphatic carbocycles. The molecule has 1 rings (SSSR count). The summed E-state index contributed by atoms with van der Waals surface area (Å²) in [5.41, 5.74) is 0.743. The quantitative estimate of drug-likeness (QED) is 0.766. The van der Waals surface area contributed by atoms with Crippen LogP contribution in [-0.2, 0) is 9.59 Å². The molecule has 0 saturated heterocycles. The van der Waals surface area contributed by atoms with Crippen molar-refractivity contribution in [3.8, 4) is 0 Å². The van der Waals surface area contributed by atoms with Gasteiger partial charge in [0.25, 0.3) is 0 Å². The number of nitrogens with zero attached hydrogens (tertiary/aromatic N) is 1. The van der Waals surface area contributed by atoms with Crippen molar-refractivity contribution in [2.75, 3.05) is 11.4 Å². The summed E-state index contributed by atoms with van der Waals surface area (Å²) in [5.74, 6) is -1.48. The van der Waals surface area contributed by atoms with Crippen molar-refractivity contribution < 1.29 is 14.7 Å². The number of rotatable bonds is 5. The van der Waals surface area contributed by atoms with Crippen molar-refractivity contribution >= 4 is 17.4 Å². The summed E-state index contributed by atoms with van der Waals surface area (Å²) < 4.78 is 0. The van der Waals surface area contributed by atoms with Crippen LogP contribution in [0, 0.1) is 0 Å². The molecule has 86 valence electrons. The fourth-order valence-electron chi connectivity index (χ4n) is 1.66. The van der Waals surface area contributed by atoms with Crippen LogP contribution in [-0.4, -0.2) is 29.4 Å². The number of hydrogen-bond donors (Lipinski definition) is 1. The van der Waals surface area contributed by atoms with Crippen LogP contribution in [0.3, 0.4) is 0 Å². The first-order valence-corrected chi connectivity index (χ1v) is 5.13. The maximum atomic E-state index is 11.3. The van der Waals surface area contributed by atoms with Crippen LogP contribution in [0.4, 0.5) is 5.69 Å². The molecule has 0 amide bonds. The lowest BCUT2D eigenvalue weighted by molar-refractivity contribution is -0.141.